The highest BCUT2D eigenvalue weighted by molar-refractivity contribution is 8.00. The second-order valence-electron chi connectivity index (χ2n) is 4.30. The molecule has 6 heteroatoms. The van der Waals surface area contributed by atoms with E-state index in [2.05, 4.69) is 14.7 Å². The first-order valence-electron chi connectivity index (χ1n) is 6.25. The highest BCUT2D eigenvalue weighted by Crippen LogP contribution is 2.27. The Balaban J connectivity index is 1.77. The molecule has 3 rings (SSSR count). The van der Waals surface area contributed by atoms with E-state index in [1.54, 1.807) is 12.3 Å². The van der Waals surface area contributed by atoms with E-state index in [9.17, 15) is 8.78 Å². The minimum atomic E-state index is -2.54. The summed E-state index contributed by atoms with van der Waals surface area (Å²) < 4.78 is 28.0. The van der Waals surface area contributed by atoms with Gasteiger partial charge in [-0.05, 0) is 36.2 Å². The molecule has 3 aromatic rings. The number of alkyl halides is 2. The number of hydrogen-bond donors (Lipinski definition) is 1. The van der Waals surface area contributed by atoms with Gasteiger partial charge in [-0.2, -0.15) is 0 Å². The summed E-state index contributed by atoms with van der Waals surface area (Å²) in [5.74, 6) is 0. The molecular formula is C15H11F2N3S. The summed E-state index contributed by atoms with van der Waals surface area (Å²) >= 11 is 1.31. The number of anilines is 1. The highest BCUT2D eigenvalue weighted by atomic mass is 32.2. The fourth-order valence-electron chi connectivity index (χ4n) is 1.88. The SMILES string of the molecule is FC(F)c1ccc(SNc2cccc3cccnc23)cn1. The van der Waals surface area contributed by atoms with Crippen molar-refractivity contribution in [3.05, 3.63) is 60.6 Å². The smallest absolute Gasteiger partial charge is 0.280 e. The molecule has 0 amide bonds. The van der Waals surface area contributed by atoms with E-state index in [0.29, 0.717) is 0 Å². The summed E-state index contributed by atoms with van der Waals surface area (Å²) in [4.78, 5) is 8.82. The third-order valence-electron chi connectivity index (χ3n) is 2.89. The van der Waals surface area contributed by atoms with Crippen molar-refractivity contribution in [2.24, 2.45) is 0 Å². The Morgan fingerprint density at radius 2 is 1.86 bits per heavy atom. The largest absolute Gasteiger partial charge is 0.324 e. The zero-order valence-electron chi connectivity index (χ0n) is 10.8. The number of pyridine rings is 2. The van der Waals surface area contributed by atoms with E-state index in [-0.39, 0.29) is 5.69 Å². The molecule has 21 heavy (non-hydrogen) atoms. The first-order chi connectivity index (χ1) is 10.2. The molecule has 0 saturated carbocycles. The fourth-order valence-corrected chi connectivity index (χ4v) is 2.52. The van der Waals surface area contributed by atoms with Crippen LogP contribution in [-0.4, -0.2) is 9.97 Å². The Labute approximate surface area is 124 Å². The zero-order valence-corrected chi connectivity index (χ0v) is 11.6. The van der Waals surface area contributed by atoms with Gasteiger partial charge in [0.05, 0.1) is 11.2 Å². The van der Waals surface area contributed by atoms with Gasteiger partial charge < -0.3 is 4.72 Å². The van der Waals surface area contributed by atoms with Gasteiger partial charge in [-0.1, -0.05) is 18.2 Å². The van der Waals surface area contributed by atoms with E-state index in [1.807, 2.05) is 30.3 Å². The number of para-hydroxylation sites is 1. The van der Waals surface area contributed by atoms with Gasteiger partial charge in [0.2, 0.25) is 0 Å². The number of fused-ring (bicyclic) bond motifs is 1. The monoisotopic (exact) mass is 303 g/mol. The summed E-state index contributed by atoms with van der Waals surface area (Å²) in [5.41, 5.74) is 1.52. The Hall–Kier alpha value is -2.21. The highest BCUT2D eigenvalue weighted by Gasteiger charge is 2.08. The van der Waals surface area contributed by atoms with Crippen LogP contribution in [0.25, 0.3) is 10.9 Å². The second-order valence-corrected chi connectivity index (χ2v) is 5.18. The third kappa shape index (κ3) is 3.11. The maximum absolute atomic E-state index is 12.4. The topological polar surface area (TPSA) is 37.8 Å². The van der Waals surface area contributed by atoms with Gasteiger partial charge in [0.15, 0.2) is 0 Å². The lowest BCUT2D eigenvalue weighted by atomic mass is 10.2. The Morgan fingerprint density at radius 3 is 2.62 bits per heavy atom. The number of nitrogens with zero attached hydrogens (tertiary/aromatic N) is 2. The van der Waals surface area contributed by atoms with Crippen molar-refractivity contribution in [2.45, 2.75) is 11.3 Å². The van der Waals surface area contributed by atoms with Crippen LogP contribution < -0.4 is 4.72 Å². The van der Waals surface area contributed by atoms with Crippen molar-refractivity contribution in [2.75, 3.05) is 4.72 Å². The second kappa shape index (κ2) is 6.05. The molecule has 0 spiro atoms. The van der Waals surface area contributed by atoms with Crippen LogP contribution in [0.1, 0.15) is 12.1 Å². The summed E-state index contributed by atoms with van der Waals surface area (Å²) in [7, 11) is 0. The van der Waals surface area contributed by atoms with E-state index < -0.39 is 6.43 Å². The molecule has 1 N–H and O–H groups in total. The maximum Gasteiger partial charge on any atom is 0.280 e. The van der Waals surface area contributed by atoms with Crippen molar-refractivity contribution in [1.82, 2.24) is 9.97 Å². The minimum absolute atomic E-state index is 0.217. The van der Waals surface area contributed by atoms with Gasteiger partial charge in [-0.15, -0.1) is 0 Å². The first kappa shape index (κ1) is 13.8. The summed E-state index contributed by atoms with van der Waals surface area (Å²) in [6, 6.07) is 12.6. The Morgan fingerprint density at radius 1 is 1.00 bits per heavy atom. The lowest BCUT2D eigenvalue weighted by Gasteiger charge is -2.08. The number of aromatic nitrogens is 2. The van der Waals surface area contributed by atoms with Gasteiger partial charge in [0.1, 0.15) is 5.69 Å². The molecule has 3 nitrogen and oxygen atoms in total. The van der Waals surface area contributed by atoms with Crippen LogP contribution >= 0.6 is 11.9 Å². The summed E-state index contributed by atoms with van der Waals surface area (Å²) in [6.07, 6.45) is 0.619. The van der Waals surface area contributed by atoms with Crippen LogP contribution in [0.15, 0.2) is 59.8 Å². The Bertz CT molecular complexity index is 742. The van der Waals surface area contributed by atoms with Crippen LogP contribution in [0.5, 0.6) is 0 Å². The predicted octanol–water partition coefficient (Wildman–Crippen LogP) is 4.69. The fraction of sp³-hybridized carbons (Fsp3) is 0.0667. The summed E-state index contributed by atoms with van der Waals surface area (Å²) in [6.45, 7) is 0. The van der Waals surface area contributed by atoms with Crippen molar-refractivity contribution < 1.29 is 8.78 Å². The average molecular weight is 303 g/mol. The van der Waals surface area contributed by atoms with Crippen molar-refractivity contribution in [3.63, 3.8) is 0 Å². The Kier molecular flexibility index (Phi) is 3.96. The maximum atomic E-state index is 12.4. The van der Waals surface area contributed by atoms with E-state index in [4.69, 9.17) is 0 Å². The molecule has 2 aromatic heterocycles. The molecule has 106 valence electrons. The number of rotatable bonds is 4. The van der Waals surface area contributed by atoms with E-state index in [0.717, 1.165) is 21.5 Å². The van der Waals surface area contributed by atoms with Gasteiger partial charge in [-0.3, -0.25) is 9.97 Å². The average Bonchev–Trinajstić information content (AvgIpc) is 2.53. The van der Waals surface area contributed by atoms with Gasteiger partial charge >= 0.3 is 0 Å². The van der Waals surface area contributed by atoms with Crippen molar-refractivity contribution >= 4 is 28.5 Å². The predicted molar refractivity (Wildman–Crippen MR) is 80.4 cm³/mol. The molecule has 1 aromatic carbocycles. The van der Waals surface area contributed by atoms with Crippen LogP contribution in [0.3, 0.4) is 0 Å². The normalized spacial score (nSPS) is 11.0. The molecule has 0 unspecified atom stereocenters. The number of halogens is 2. The molecule has 0 saturated heterocycles. The van der Waals surface area contributed by atoms with Crippen LogP contribution in [-0.2, 0) is 0 Å². The molecule has 0 bridgehead atoms. The van der Waals surface area contributed by atoms with E-state index >= 15 is 0 Å². The molecular weight excluding hydrogens is 292 g/mol. The van der Waals surface area contributed by atoms with Gasteiger partial charge in [-0.25, -0.2) is 8.78 Å². The number of benzene rings is 1. The van der Waals surface area contributed by atoms with Crippen LogP contribution in [0.4, 0.5) is 14.5 Å². The van der Waals surface area contributed by atoms with Gasteiger partial charge in [0, 0.05) is 22.7 Å². The van der Waals surface area contributed by atoms with Gasteiger partial charge in [0.25, 0.3) is 6.43 Å². The molecule has 0 aliphatic rings. The summed E-state index contributed by atoms with van der Waals surface area (Å²) in [5, 5.41) is 1.04. The first-order valence-corrected chi connectivity index (χ1v) is 7.06. The van der Waals surface area contributed by atoms with Crippen molar-refractivity contribution in [3.8, 4) is 0 Å². The van der Waals surface area contributed by atoms with Crippen molar-refractivity contribution in [1.29, 1.82) is 0 Å². The lowest BCUT2D eigenvalue weighted by molar-refractivity contribution is 0.146. The molecule has 0 aliphatic heterocycles. The molecule has 0 fully saturated rings. The lowest BCUT2D eigenvalue weighted by Crippen LogP contribution is -1.92. The standard InChI is InChI=1S/C15H11F2N3S/c16-15(17)13-7-6-11(9-19-13)21-20-12-5-1-3-10-4-2-8-18-14(10)12/h1-9,15,20H. The minimum Gasteiger partial charge on any atom is -0.324 e. The number of hydrogen-bond acceptors (Lipinski definition) is 4. The van der Waals surface area contributed by atoms with Crippen LogP contribution in [0.2, 0.25) is 0 Å². The third-order valence-corrected chi connectivity index (χ3v) is 3.69. The van der Waals surface area contributed by atoms with Crippen LogP contribution in [0, 0.1) is 0 Å². The molecule has 0 atom stereocenters. The zero-order chi connectivity index (χ0) is 14.7. The molecule has 0 aliphatic carbocycles. The van der Waals surface area contributed by atoms with E-state index in [1.165, 1.54) is 24.2 Å². The molecule has 0 radical (unpaired) electrons. The molecule has 2 heterocycles. The number of nitrogens with one attached hydrogen (secondary N) is 1. The quantitative estimate of drug-likeness (QED) is 0.710.